The van der Waals surface area contributed by atoms with Gasteiger partial charge < -0.3 is 15.0 Å². The van der Waals surface area contributed by atoms with Crippen molar-refractivity contribution in [3.8, 4) is 5.75 Å². The van der Waals surface area contributed by atoms with E-state index in [1.807, 2.05) is 12.1 Å². The van der Waals surface area contributed by atoms with Gasteiger partial charge in [-0.05, 0) is 57.2 Å². The summed E-state index contributed by atoms with van der Waals surface area (Å²) in [7, 11) is 5.90. The number of hydrogen-bond acceptors (Lipinski definition) is 3. The van der Waals surface area contributed by atoms with Crippen LogP contribution >= 0.6 is 11.6 Å². The Balaban J connectivity index is 2.27. The standard InChI is InChI=1S/C14H21ClN2O/c1-17(2)14(11-6-7-16-9-11)10-4-5-13(18-3)12(15)8-10/h4-5,8,11,14,16H,6-7,9H2,1-3H3. The quantitative estimate of drug-likeness (QED) is 0.908. The topological polar surface area (TPSA) is 24.5 Å². The van der Waals surface area contributed by atoms with Gasteiger partial charge in [0.2, 0.25) is 0 Å². The molecule has 0 saturated carbocycles. The monoisotopic (exact) mass is 268 g/mol. The second-order valence-electron chi connectivity index (χ2n) is 5.06. The van der Waals surface area contributed by atoms with Crippen LogP contribution < -0.4 is 10.1 Å². The van der Waals surface area contributed by atoms with E-state index >= 15 is 0 Å². The number of nitrogens with zero attached hydrogens (tertiary/aromatic N) is 1. The molecule has 0 bridgehead atoms. The molecule has 0 radical (unpaired) electrons. The molecule has 1 N–H and O–H groups in total. The highest BCUT2D eigenvalue weighted by atomic mass is 35.5. The molecule has 2 unspecified atom stereocenters. The molecule has 1 aromatic rings. The second-order valence-corrected chi connectivity index (χ2v) is 5.46. The minimum atomic E-state index is 0.406. The van der Waals surface area contributed by atoms with Gasteiger partial charge in [0.15, 0.2) is 0 Å². The molecule has 0 aliphatic carbocycles. The van der Waals surface area contributed by atoms with Crippen molar-refractivity contribution in [3.63, 3.8) is 0 Å². The van der Waals surface area contributed by atoms with Gasteiger partial charge in [0.25, 0.3) is 0 Å². The predicted octanol–water partition coefficient (Wildman–Crippen LogP) is 2.56. The summed E-state index contributed by atoms with van der Waals surface area (Å²) in [4.78, 5) is 2.27. The molecule has 0 spiro atoms. The zero-order valence-corrected chi connectivity index (χ0v) is 12.0. The van der Waals surface area contributed by atoms with Crippen LogP contribution in [0, 0.1) is 5.92 Å². The number of methoxy groups -OCH3 is 1. The summed E-state index contributed by atoms with van der Waals surface area (Å²) in [5.74, 6) is 1.38. The Morgan fingerprint density at radius 1 is 1.44 bits per heavy atom. The zero-order valence-electron chi connectivity index (χ0n) is 11.2. The first-order chi connectivity index (χ1) is 8.63. The maximum atomic E-state index is 6.23. The first-order valence-corrected chi connectivity index (χ1v) is 6.72. The van der Waals surface area contributed by atoms with Crippen LogP contribution in [0.5, 0.6) is 5.75 Å². The van der Waals surface area contributed by atoms with Crippen molar-refractivity contribution in [3.05, 3.63) is 28.8 Å². The Hall–Kier alpha value is -0.770. The maximum absolute atomic E-state index is 6.23. The van der Waals surface area contributed by atoms with Crippen LogP contribution in [0.1, 0.15) is 18.0 Å². The first-order valence-electron chi connectivity index (χ1n) is 6.34. The van der Waals surface area contributed by atoms with Crippen molar-refractivity contribution in [2.45, 2.75) is 12.5 Å². The lowest BCUT2D eigenvalue weighted by atomic mass is 9.91. The Bertz CT molecular complexity index is 403. The third-order valence-corrected chi connectivity index (χ3v) is 3.91. The molecule has 0 amide bonds. The van der Waals surface area contributed by atoms with Crippen LogP contribution in [0.15, 0.2) is 18.2 Å². The Morgan fingerprint density at radius 3 is 2.72 bits per heavy atom. The largest absolute Gasteiger partial charge is 0.495 e. The lowest BCUT2D eigenvalue weighted by Gasteiger charge is -2.30. The van der Waals surface area contributed by atoms with Crippen molar-refractivity contribution in [1.29, 1.82) is 0 Å². The van der Waals surface area contributed by atoms with Gasteiger partial charge in [-0.2, -0.15) is 0 Å². The minimum absolute atomic E-state index is 0.406. The molecule has 100 valence electrons. The SMILES string of the molecule is COc1ccc(C(C2CCNC2)N(C)C)cc1Cl. The number of halogens is 1. The van der Waals surface area contributed by atoms with Gasteiger partial charge in [-0.15, -0.1) is 0 Å². The summed E-state index contributed by atoms with van der Waals surface area (Å²) in [5.41, 5.74) is 1.26. The average molecular weight is 269 g/mol. The summed E-state index contributed by atoms with van der Waals surface area (Å²) in [6.45, 7) is 2.19. The lowest BCUT2D eigenvalue weighted by Crippen LogP contribution is -2.28. The second kappa shape index (κ2) is 5.91. The number of ether oxygens (including phenoxy) is 1. The smallest absolute Gasteiger partial charge is 0.137 e. The number of hydrogen-bond donors (Lipinski definition) is 1. The molecule has 18 heavy (non-hydrogen) atoms. The third-order valence-electron chi connectivity index (χ3n) is 3.62. The first kappa shape index (κ1) is 13.7. The normalized spacial score (nSPS) is 21.3. The van der Waals surface area contributed by atoms with Crippen molar-refractivity contribution >= 4 is 11.6 Å². The van der Waals surface area contributed by atoms with Gasteiger partial charge in [0.05, 0.1) is 12.1 Å². The van der Waals surface area contributed by atoms with Crippen molar-refractivity contribution in [1.82, 2.24) is 10.2 Å². The van der Waals surface area contributed by atoms with E-state index in [4.69, 9.17) is 16.3 Å². The Morgan fingerprint density at radius 2 is 2.22 bits per heavy atom. The van der Waals surface area contributed by atoms with Crippen molar-refractivity contribution in [2.24, 2.45) is 5.92 Å². The van der Waals surface area contributed by atoms with E-state index in [9.17, 15) is 0 Å². The molecular weight excluding hydrogens is 248 g/mol. The highest BCUT2D eigenvalue weighted by Gasteiger charge is 2.28. The molecule has 1 aliphatic heterocycles. The van der Waals surface area contributed by atoms with Crippen LogP contribution in [0.25, 0.3) is 0 Å². The summed E-state index contributed by atoms with van der Waals surface area (Å²) >= 11 is 6.23. The average Bonchev–Trinajstić information content (AvgIpc) is 2.82. The molecule has 1 fully saturated rings. The third kappa shape index (κ3) is 2.79. The van der Waals surface area contributed by atoms with Gasteiger partial charge in [0.1, 0.15) is 5.75 Å². The van der Waals surface area contributed by atoms with Gasteiger partial charge in [-0.3, -0.25) is 0 Å². The summed E-state index contributed by atoms with van der Waals surface area (Å²) in [6, 6.07) is 6.51. The minimum Gasteiger partial charge on any atom is -0.495 e. The van der Waals surface area contributed by atoms with Gasteiger partial charge >= 0.3 is 0 Å². The highest BCUT2D eigenvalue weighted by Crippen LogP contribution is 2.34. The predicted molar refractivity (Wildman–Crippen MR) is 75.4 cm³/mol. The molecule has 1 aliphatic rings. The summed E-state index contributed by atoms with van der Waals surface area (Å²) in [5, 5.41) is 4.12. The van der Waals surface area contributed by atoms with Crippen molar-refractivity contribution < 1.29 is 4.74 Å². The van der Waals surface area contributed by atoms with Crippen LogP contribution in [-0.4, -0.2) is 39.2 Å². The highest BCUT2D eigenvalue weighted by molar-refractivity contribution is 6.32. The molecule has 1 saturated heterocycles. The van der Waals surface area contributed by atoms with E-state index in [1.54, 1.807) is 7.11 Å². The van der Waals surface area contributed by atoms with E-state index in [0.717, 1.165) is 18.8 Å². The molecule has 3 nitrogen and oxygen atoms in total. The fourth-order valence-electron chi connectivity index (χ4n) is 2.81. The maximum Gasteiger partial charge on any atom is 0.137 e. The summed E-state index contributed by atoms with van der Waals surface area (Å²) in [6.07, 6.45) is 1.21. The molecule has 1 heterocycles. The van der Waals surface area contributed by atoms with Crippen LogP contribution in [0.3, 0.4) is 0 Å². The molecule has 0 aromatic heterocycles. The zero-order chi connectivity index (χ0) is 13.1. The Labute approximate surface area is 114 Å². The van der Waals surface area contributed by atoms with E-state index in [1.165, 1.54) is 12.0 Å². The fourth-order valence-corrected chi connectivity index (χ4v) is 3.07. The number of nitrogens with one attached hydrogen (secondary N) is 1. The summed E-state index contributed by atoms with van der Waals surface area (Å²) < 4.78 is 5.21. The van der Waals surface area contributed by atoms with E-state index < -0.39 is 0 Å². The van der Waals surface area contributed by atoms with Gasteiger partial charge in [0, 0.05) is 6.04 Å². The molecule has 1 aromatic carbocycles. The van der Waals surface area contributed by atoms with Crippen molar-refractivity contribution in [2.75, 3.05) is 34.3 Å². The Kier molecular flexibility index (Phi) is 4.49. The van der Waals surface area contributed by atoms with E-state index in [-0.39, 0.29) is 0 Å². The molecular formula is C14H21ClN2O. The van der Waals surface area contributed by atoms with Gasteiger partial charge in [-0.25, -0.2) is 0 Å². The fraction of sp³-hybridized carbons (Fsp3) is 0.571. The number of benzene rings is 1. The van der Waals surface area contributed by atoms with Gasteiger partial charge in [-0.1, -0.05) is 17.7 Å². The number of rotatable bonds is 4. The molecule has 2 rings (SSSR count). The molecule has 2 atom stereocenters. The van der Waals surface area contributed by atoms with Crippen LogP contribution in [0.4, 0.5) is 0 Å². The van der Waals surface area contributed by atoms with Crippen LogP contribution in [0.2, 0.25) is 5.02 Å². The van der Waals surface area contributed by atoms with Crippen LogP contribution in [-0.2, 0) is 0 Å². The molecule has 4 heteroatoms. The lowest BCUT2D eigenvalue weighted by molar-refractivity contribution is 0.223. The van der Waals surface area contributed by atoms with E-state index in [0.29, 0.717) is 17.0 Å². The van der Waals surface area contributed by atoms with E-state index in [2.05, 4.69) is 30.4 Å².